The molecule has 0 amide bonds. The van der Waals surface area contributed by atoms with Gasteiger partial charge < -0.3 is 9.84 Å². The summed E-state index contributed by atoms with van der Waals surface area (Å²) in [5.41, 5.74) is -1.34. The van der Waals surface area contributed by atoms with Gasteiger partial charge in [0.2, 0.25) is 10.0 Å². The Labute approximate surface area is 119 Å². The molecule has 9 heteroatoms. The number of aliphatic hydroxyl groups is 1. The van der Waals surface area contributed by atoms with Crippen molar-refractivity contribution in [1.29, 1.82) is 0 Å². The summed E-state index contributed by atoms with van der Waals surface area (Å²) in [4.78, 5) is -1.26. The van der Waals surface area contributed by atoms with E-state index in [2.05, 4.69) is 0 Å². The van der Waals surface area contributed by atoms with Gasteiger partial charge in [0.15, 0.2) is 4.90 Å². The molecule has 1 aliphatic rings. The molecule has 0 spiro atoms. The van der Waals surface area contributed by atoms with Gasteiger partial charge in [0, 0.05) is 44.7 Å². The zero-order chi connectivity index (χ0) is 15.7. The Morgan fingerprint density at radius 3 is 2.24 bits per heavy atom. The van der Waals surface area contributed by atoms with Crippen LogP contribution in [0.4, 0.5) is 13.2 Å². The molecule has 0 aliphatic carbocycles. The first-order valence-corrected chi connectivity index (χ1v) is 7.66. The van der Waals surface area contributed by atoms with E-state index in [4.69, 9.17) is 4.74 Å². The fourth-order valence-corrected chi connectivity index (χ4v) is 3.25. The molecule has 1 aromatic rings. The lowest BCUT2D eigenvalue weighted by molar-refractivity contribution is -0.0588. The van der Waals surface area contributed by atoms with Gasteiger partial charge in [-0.1, -0.05) is 0 Å². The summed E-state index contributed by atoms with van der Waals surface area (Å²) < 4.78 is 70.6. The third-order valence-corrected chi connectivity index (χ3v) is 4.70. The van der Waals surface area contributed by atoms with Crippen molar-refractivity contribution in [3.05, 3.63) is 29.6 Å². The molecule has 1 heterocycles. The van der Waals surface area contributed by atoms with E-state index in [1.54, 1.807) is 0 Å². The zero-order valence-electron chi connectivity index (χ0n) is 10.9. The van der Waals surface area contributed by atoms with Crippen LogP contribution in [-0.2, 0) is 14.8 Å². The molecule has 0 unspecified atom stereocenters. The number of nitrogens with one attached hydrogen (secondary N) is 1. The van der Waals surface area contributed by atoms with Gasteiger partial charge in [-0.15, -0.1) is 0 Å². The maximum Gasteiger partial charge on any atom is 0.246 e. The van der Waals surface area contributed by atoms with E-state index >= 15 is 0 Å². The number of halogens is 3. The lowest BCUT2D eigenvalue weighted by atomic mass is 9.95. The fraction of sp³-hybridized carbons (Fsp3) is 0.500. The van der Waals surface area contributed by atoms with Crippen molar-refractivity contribution in [2.45, 2.75) is 23.3 Å². The van der Waals surface area contributed by atoms with E-state index in [1.807, 2.05) is 4.72 Å². The predicted molar refractivity (Wildman–Crippen MR) is 66.5 cm³/mol. The average Bonchev–Trinajstić information content (AvgIpc) is 2.36. The van der Waals surface area contributed by atoms with Gasteiger partial charge in [0.1, 0.15) is 17.5 Å². The molecule has 1 fully saturated rings. The summed E-state index contributed by atoms with van der Waals surface area (Å²) in [7, 11) is -4.54. The molecular formula is C12H14F3NO4S. The van der Waals surface area contributed by atoms with Crippen LogP contribution in [0, 0.1) is 17.5 Å². The molecule has 0 aromatic heterocycles. The largest absolute Gasteiger partial charge is 0.388 e. The van der Waals surface area contributed by atoms with E-state index in [1.165, 1.54) is 0 Å². The first-order valence-electron chi connectivity index (χ1n) is 6.18. The third-order valence-electron chi connectivity index (χ3n) is 3.25. The summed E-state index contributed by atoms with van der Waals surface area (Å²) >= 11 is 0. The average molecular weight is 325 g/mol. The maximum atomic E-state index is 13.5. The number of ether oxygens (including phenoxy) is 1. The quantitative estimate of drug-likeness (QED) is 0.863. The Kier molecular flexibility index (Phi) is 4.57. The van der Waals surface area contributed by atoms with Crippen LogP contribution < -0.4 is 4.72 Å². The Balaban J connectivity index is 2.19. The molecule has 1 saturated heterocycles. The summed E-state index contributed by atoms with van der Waals surface area (Å²) in [6, 6.07) is 0.557. The van der Waals surface area contributed by atoms with Crippen LogP contribution in [0.3, 0.4) is 0 Å². The summed E-state index contributed by atoms with van der Waals surface area (Å²) in [6.45, 7) is 0.115. The van der Waals surface area contributed by atoms with Crippen LogP contribution in [-0.4, -0.2) is 38.9 Å². The lowest BCUT2D eigenvalue weighted by Gasteiger charge is -2.31. The van der Waals surface area contributed by atoms with E-state index in [-0.39, 0.29) is 38.2 Å². The molecule has 2 rings (SSSR count). The second-order valence-electron chi connectivity index (χ2n) is 4.86. The van der Waals surface area contributed by atoms with Gasteiger partial charge in [-0.3, -0.25) is 0 Å². The van der Waals surface area contributed by atoms with Crippen LogP contribution in [0.15, 0.2) is 17.0 Å². The molecule has 0 bridgehead atoms. The van der Waals surface area contributed by atoms with Gasteiger partial charge in [-0.2, -0.15) is 0 Å². The highest BCUT2D eigenvalue weighted by Gasteiger charge is 2.33. The van der Waals surface area contributed by atoms with Crippen LogP contribution in [0.5, 0.6) is 0 Å². The minimum Gasteiger partial charge on any atom is -0.388 e. The van der Waals surface area contributed by atoms with Gasteiger partial charge in [0.05, 0.1) is 5.60 Å². The van der Waals surface area contributed by atoms with Crippen molar-refractivity contribution >= 4 is 10.0 Å². The Bertz CT molecular complexity index is 606. The first-order chi connectivity index (χ1) is 9.73. The molecule has 21 heavy (non-hydrogen) atoms. The molecule has 1 aromatic carbocycles. The fourth-order valence-electron chi connectivity index (χ4n) is 2.02. The molecule has 5 nitrogen and oxygen atoms in total. The van der Waals surface area contributed by atoms with Crippen LogP contribution in [0.2, 0.25) is 0 Å². The standard InChI is InChI=1S/C12H14F3NO4S/c13-8-5-9(14)11(10(15)6-8)21(18,19)16-7-12(17)1-3-20-4-2-12/h5-6,16-17H,1-4,7H2. The molecule has 0 radical (unpaired) electrons. The SMILES string of the molecule is O=S(=O)(NCC1(O)CCOCC1)c1c(F)cc(F)cc1F. The van der Waals surface area contributed by atoms with E-state index in [9.17, 15) is 26.7 Å². The molecular weight excluding hydrogens is 311 g/mol. The minimum absolute atomic E-state index is 0.198. The summed E-state index contributed by atoms with van der Waals surface area (Å²) in [5.74, 6) is -4.27. The van der Waals surface area contributed by atoms with Crippen molar-refractivity contribution in [3.8, 4) is 0 Å². The molecule has 2 N–H and O–H groups in total. The topological polar surface area (TPSA) is 75.6 Å². The minimum atomic E-state index is -4.54. The monoisotopic (exact) mass is 325 g/mol. The van der Waals surface area contributed by atoms with Crippen molar-refractivity contribution in [2.75, 3.05) is 19.8 Å². The Morgan fingerprint density at radius 1 is 1.19 bits per heavy atom. The van der Waals surface area contributed by atoms with Gasteiger partial charge >= 0.3 is 0 Å². The highest BCUT2D eigenvalue weighted by atomic mass is 32.2. The second kappa shape index (κ2) is 5.91. The zero-order valence-corrected chi connectivity index (χ0v) is 11.7. The van der Waals surface area contributed by atoms with Crippen molar-refractivity contribution < 1.29 is 31.4 Å². The maximum absolute atomic E-state index is 13.5. The molecule has 0 saturated carbocycles. The van der Waals surface area contributed by atoms with E-state index < -0.39 is 44.5 Å². The van der Waals surface area contributed by atoms with Crippen LogP contribution in [0.25, 0.3) is 0 Å². The lowest BCUT2D eigenvalue weighted by Crippen LogP contribution is -2.46. The van der Waals surface area contributed by atoms with Crippen LogP contribution >= 0.6 is 0 Å². The summed E-state index contributed by atoms with van der Waals surface area (Å²) in [6.07, 6.45) is 0.397. The molecule has 118 valence electrons. The smallest absolute Gasteiger partial charge is 0.246 e. The predicted octanol–water partition coefficient (Wildman–Crippen LogP) is 0.924. The van der Waals surface area contributed by atoms with Crippen molar-refractivity contribution in [2.24, 2.45) is 0 Å². The van der Waals surface area contributed by atoms with Crippen molar-refractivity contribution in [1.82, 2.24) is 4.72 Å². The van der Waals surface area contributed by atoms with Crippen molar-refractivity contribution in [3.63, 3.8) is 0 Å². The molecule has 1 aliphatic heterocycles. The highest BCUT2D eigenvalue weighted by molar-refractivity contribution is 7.89. The Hall–Kier alpha value is -1.16. The highest BCUT2D eigenvalue weighted by Crippen LogP contribution is 2.23. The van der Waals surface area contributed by atoms with Crippen LogP contribution in [0.1, 0.15) is 12.8 Å². The summed E-state index contributed by atoms with van der Waals surface area (Å²) in [5, 5.41) is 10.1. The first kappa shape index (κ1) is 16.2. The second-order valence-corrected chi connectivity index (χ2v) is 6.56. The number of rotatable bonds is 4. The normalized spacial score (nSPS) is 18.7. The number of hydrogen-bond donors (Lipinski definition) is 2. The number of benzene rings is 1. The van der Waals surface area contributed by atoms with Gasteiger partial charge in [-0.25, -0.2) is 26.3 Å². The van der Waals surface area contributed by atoms with Gasteiger partial charge in [-0.05, 0) is 0 Å². The Morgan fingerprint density at radius 2 is 1.71 bits per heavy atom. The third kappa shape index (κ3) is 3.73. The van der Waals surface area contributed by atoms with E-state index in [0.717, 1.165) is 0 Å². The van der Waals surface area contributed by atoms with Gasteiger partial charge in [0.25, 0.3) is 0 Å². The van der Waals surface area contributed by atoms with E-state index in [0.29, 0.717) is 0 Å². The number of sulfonamides is 1. The number of hydrogen-bond acceptors (Lipinski definition) is 4. The molecule has 0 atom stereocenters.